The highest BCUT2D eigenvalue weighted by molar-refractivity contribution is 7.99. The molecule has 4 aromatic rings. The molecule has 160 valence electrons. The molecule has 0 spiro atoms. The predicted octanol–water partition coefficient (Wildman–Crippen LogP) is 4.87. The Morgan fingerprint density at radius 2 is 1.94 bits per heavy atom. The van der Waals surface area contributed by atoms with Gasteiger partial charge in [-0.1, -0.05) is 41.6 Å². The van der Waals surface area contributed by atoms with Crippen LogP contribution in [0.1, 0.15) is 10.4 Å². The third kappa shape index (κ3) is 5.77. The van der Waals surface area contributed by atoms with Gasteiger partial charge in [0.25, 0.3) is 5.56 Å². The van der Waals surface area contributed by atoms with Crippen LogP contribution < -0.4 is 10.9 Å². The number of halogens is 1. The summed E-state index contributed by atoms with van der Waals surface area (Å²) in [7, 11) is 0. The Bertz CT molecular complexity index is 1220. The first-order chi connectivity index (χ1) is 15.1. The predicted molar refractivity (Wildman–Crippen MR) is 131 cm³/mol. The molecule has 0 aliphatic rings. The standard InChI is InChI=1S/C22H20ClN3O2S3/c23-16-5-3-15(4-6-16)7-10-24-19(27)14-31-22-25-18-9-13-30-20(18)21(28)26(22)11-8-17-2-1-12-29-17/h1-6,9,12-13H,7-8,10-11,14H2,(H,24,27). The number of rotatable bonds is 9. The third-order valence-electron chi connectivity index (χ3n) is 4.67. The minimum atomic E-state index is -0.0802. The smallest absolute Gasteiger partial charge is 0.272 e. The second-order valence-corrected chi connectivity index (χ2v) is 10.2. The zero-order valence-corrected chi connectivity index (χ0v) is 19.8. The van der Waals surface area contributed by atoms with Gasteiger partial charge in [-0.15, -0.1) is 22.7 Å². The van der Waals surface area contributed by atoms with Crippen LogP contribution in [-0.4, -0.2) is 27.8 Å². The van der Waals surface area contributed by atoms with Crippen LogP contribution in [0.15, 0.2) is 63.2 Å². The number of benzene rings is 1. The summed E-state index contributed by atoms with van der Waals surface area (Å²) in [5.74, 6) is 0.130. The average molecular weight is 490 g/mol. The Morgan fingerprint density at radius 1 is 1.10 bits per heavy atom. The Labute approximate surface area is 197 Å². The maximum absolute atomic E-state index is 13.0. The molecule has 9 heteroatoms. The molecule has 0 aliphatic carbocycles. The van der Waals surface area contributed by atoms with E-state index in [4.69, 9.17) is 11.6 Å². The minimum absolute atomic E-state index is 0.0396. The first-order valence-corrected chi connectivity index (χ1v) is 12.9. The van der Waals surface area contributed by atoms with E-state index in [0.29, 0.717) is 33.5 Å². The van der Waals surface area contributed by atoms with E-state index >= 15 is 0 Å². The largest absolute Gasteiger partial charge is 0.355 e. The molecule has 3 heterocycles. The Balaban J connectivity index is 1.39. The molecular weight excluding hydrogens is 470 g/mol. The average Bonchev–Trinajstić information content (AvgIpc) is 3.45. The molecule has 31 heavy (non-hydrogen) atoms. The van der Waals surface area contributed by atoms with E-state index in [2.05, 4.69) is 16.4 Å². The molecular formula is C22H20ClN3O2S3. The second kappa shape index (κ2) is 10.5. The van der Waals surface area contributed by atoms with Crippen LogP contribution in [0.5, 0.6) is 0 Å². The van der Waals surface area contributed by atoms with Crippen LogP contribution >= 0.6 is 46.0 Å². The van der Waals surface area contributed by atoms with Crippen LogP contribution in [0.4, 0.5) is 0 Å². The topological polar surface area (TPSA) is 64.0 Å². The summed E-state index contributed by atoms with van der Waals surface area (Å²) in [5.41, 5.74) is 1.76. The molecule has 0 fully saturated rings. The van der Waals surface area contributed by atoms with Gasteiger partial charge in [0.05, 0.1) is 11.3 Å². The van der Waals surface area contributed by atoms with Gasteiger partial charge in [0, 0.05) is 23.0 Å². The molecule has 1 N–H and O–H groups in total. The van der Waals surface area contributed by atoms with Gasteiger partial charge >= 0.3 is 0 Å². The highest BCUT2D eigenvalue weighted by Crippen LogP contribution is 2.21. The zero-order chi connectivity index (χ0) is 21.6. The summed E-state index contributed by atoms with van der Waals surface area (Å²) in [4.78, 5) is 31.2. The molecule has 0 atom stereocenters. The Morgan fingerprint density at radius 3 is 2.71 bits per heavy atom. The van der Waals surface area contributed by atoms with Crippen molar-refractivity contribution in [2.45, 2.75) is 24.5 Å². The fourth-order valence-corrected chi connectivity index (χ4v) is 5.54. The quantitative estimate of drug-likeness (QED) is 0.269. The minimum Gasteiger partial charge on any atom is -0.355 e. The first kappa shape index (κ1) is 22.1. The van der Waals surface area contributed by atoms with Gasteiger partial charge < -0.3 is 5.32 Å². The molecule has 3 aromatic heterocycles. The molecule has 0 unspecified atom stereocenters. The van der Waals surface area contributed by atoms with E-state index < -0.39 is 0 Å². The normalized spacial score (nSPS) is 11.1. The van der Waals surface area contributed by atoms with Crippen LogP contribution in [-0.2, 0) is 24.2 Å². The van der Waals surface area contributed by atoms with Crippen molar-refractivity contribution in [3.63, 3.8) is 0 Å². The lowest BCUT2D eigenvalue weighted by molar-refractivity contribution is -0.118. The number of thioether (sulfide) groups is 1. The van der Waals surface area contributed by atoms with E-state index in [1.807, 2.05) is 47.2 Å². The summed E-state index contributed by atoms with van der Waals surface area (Å²) in [6.45, 7) is 1.09. The molecule has 0 bridgehead atoms. The zero-order valence-electron chi connectivity index (χ0n) is 16.5. The summed E-state index contributed by atoms with van der Waals surface area (Å²) in [6, 6.07) is 13.5. The van der Waals surface area contributed by atoms with Crippen molar-refractivity contribution in [1.82, 2.24) is 14.9 Å². The number of hydrogen-bond acceptors (Lipinski definition) is 6. The van der Waals surface area contributed by atoms with Crippen LogP contribution in [0.3, 0.4) is 0 Å². The molecule has 1 amide bonds. The lowest BCUT2D eigenvalue weighted by Crippen LogP contribution is -2.28. The number of hydrogen-bond donors (Lipinski definition) is 1. The van der Waals surface area contributed by atoms with Crippen LogP contribution in [0, 0.1) is 0 Å². The van der Waals surface area contributed by atoms with E-state index in [0.717, 1.165) is 18.4 Å². The number of carbonyl (C=O) groups is 1. The SMILES string of the molecule is O=C(CSc1nc2ccsc2c(=O)n1CCc1cccs1)NCCc1ccc(Cl)cc1. The van der Waals surface area contributed by atoms with Crippen molar-refractivity contribution >= 4 is 62.2 Å². The number of thiophene rings is 2. The maximum Gasteiger partial charge on any atom is 0.272 e. The lowest BCUT2D eigenvalue weighted by atomic mass is 10.1. The van der Waals surface area contributed by atoms with E-state index in [1.54, 1.807) is 15.9 Å². The second-order valence-electron chi connectivity index (χ2n) is 6.83. The van der Waals surface area contributed by atoms with Crippen molar-refractivity contribution < 1.29 is 4.79 Å². The molecule has 5 nitrogen and oxygen atoms in total. The van der Waals surface area contributed by atoms with Crippen molar-refractivity contribution in [3.8, 4) is 0 Å². The molecule has 4 rings (SSSR count). The number of amides is 1. The lowest BCUT2D eigenvalue weighted by Gasteiger charge is -2.12. The number of carbonyl (C=O) groups excluding carboxylic acids is 1. The summed E-state index contributed by atoms with van der Waals surface area (Å²) >= 11 is 10.3. The monoisotopic (exact) mass is 489 g/mol. The van der Waals surface area contributed by atoms with Gasteiger partial charge in [0.1, 0.15) is 4.70 Å². The van der Waals surface area contributed by atoms with Gasteiger partial charge in [0.2, 0.25) is 5.91 Å². The number of nitrogens with zero attached hydrogens (tertiary/aromatic N) is 2. The van der Waals surface area contributed by atoms with Gasteiger partial charge in [-0.25, -0.2) is 4.98 Å². The van der Waals surface area contributed by atoms with Gasteiger partial charge in [-0.05, 0) is 53.4 Å². The third-order valence-corrected chi connectivity index (χ3v) is 7.73. The van der Waals surface area contributed by atoms with E-state index in [9.17, 15) is 9.59 Å². The Hall–Kier alpha value is -2.13. The van der Waals surface area contributed by atoms with Gasteiger partial charge in [-0.2, -0.15) is 0 Å². The molecule has 0 aliphatic heterocycles. The van der Waals surface area contributed by atoms with E-state index in [1.165, 1.54) is 28.0 Å². The number of nitrogens with one attached hydrogen (secondary N) is 1. The molecule has 0 saturated carbocycles. The van der Waals surface area contributed by atoms with Crippen LogP contribution in [0.2, 0.25) is 5.02 Å². The molecule has 0 saturated heterocycles. The van der Waals surface area contributed by atoms with Crippen molar-refractivity contribution in [2.24, 2.45) is 0 Å². The maximum atomic E-state index is 13.0. The molecule has 1 aromatic carbocycles. The van der Waals surface area contributed by atoms with Crippen molar-refractivity contribution in [2.75, 3.05) is 12.3 Å². The van der Waals surface area contributed by atoms with Gasteiger partial charge in [-0.3, -0.25) is 14.2 Å². The highest BCUT2D eigenvalue weighted by atomic mass is 35.5. The number of aryl methyl sites for hydroxylation is 1. The summed E-state index contributed by atoms with van der Waals surface area (Å²) < 4.78 is 2.35. The van der Waals surface area contributed by atoms with Crippen molar-refractivity contribution in [3.05, 3.63) is 79.0 Å². The van der Waals surface area contributed by atoms with Crippen LogP contribution in [0.25, 0.3) is 10.2 Å². The fourth-order valence-electron chi connectivity index (χ4n) is 3.09. The highest BCUT2D eigenvalue weighted by Gasteiger charge is 2.14. The number of fused-ring (bicyclic) bond motifs is 1. The fraction of sp³-hybridized carbons (Fsp3) is 0.227. The number of aromatic nitrogens is 2. The van der Waals surface area contributed by atoms with Gasteiger partial charge in [0.15, 0.2) is 5.16 Å². The van der Waals surface area contributed by atoms with E-state index in [-0.39, 0.29) is 17.2 Å². The summed E-state index contributed by atoms with van der Waals surface area (Å²) in [5, 5.41) is 8.12. The molecule has 0 radical (unpaired) electrons. The van der Waals surface area contributed by atoms with Crippen molar-refractivity contribution in [1.29, 1.82) is 0 Å². The Kier molecular flexibility index (Phi) is 7.45. The first-order valence-electron chi connectivity index (χ1n) is 9.74. The summed E-state index contributed by atoms with van der Waals surface area (Å²) in [6.07, 6.45) is 1.50.